The molecule has 6 saturated heterocycles. The van der Waals surface area contributed by atoms with Crippen molar-refractivity contribution in [1.29, 1.82) is 0 Å². The van der Waals surface area contributed by atoms with E-state index in [1.807, 2.05) is 123 Å². The molecule has 6 aliphatic heterocycles. The quantitative estimate of drug-likeness (QED) is 0.00792. The summed E-state index contributed by atoms with van der Waals surface area (Å²) in [7, 11) is -5.12. The molecule has 9 rings (SSSR count). The first-order valence-electron chi connectivity index (χ1n) is 42.3. The van der Waals surface area contributed by atoms with E-state index < -0.39 is 76.1 Å². The van der Waals surface area contributed by atoms with Crippen LogP contribution >= 0.6 is 22.6 Å². The molecule has 0 aromatic heterocycles. The summed E-state index contributed by atoms with van der Waals surface area (Å²) in [6.45, 7) is 58.5. The van der Waals surface area contributed by atoms with E-state index in [4.69, 9.17) is 62.9 Å². The van der Waals surface area contributed by atoms with Crippen molar-refractivity contribution in [3.05, 3.63) is 182 Å². The monoisotopic (exact) mass is 1880 g/mol. The van der Waals surface area contributed by atoms with Gasteiger partial charge in [-0.15, -0.1) is 0 Å². The van der Waals surface area contributed by atoms with Gasteiger partial charge < -0.3 is 77.6 Å². The van der Waals surface area contributed by atoms with Crippen LogP contribution in [-0.2, 0) is 111 Å². The number of piperidine rings is 3. The highest BCUT2D eigenvalue weighted by Gasteiger charge is 2.52. The molecule has 0 saturated carbocycles. The Kier molecular flexibility index (Phi) is 45.1. The number of nitrogens with zero attached hydrogens (tertiary/aromatic N) is 5. The molecule has 3 amide bonds. The van der Waals surface area contributed by atoms with E-state index in [0.29, 0.717) is 115 Å². The maximum atomic E-state index is 13.9. The highest BCUT2D eigenvalue weighted by atomic mass is 127. The summed E-state index contributed by atoms with van der Waals surface area (Å²) in [5.41, 5.74) is 10.3. The van der Waals surface area contributed by atoms with Crippen molar-refractivity contribution in [2.24, 2.45) is 17.6 Å². The first-order valence-corrected chi connectivity index (χ1v) is 53.1. The second kappa shape index (κ2) is 51.9. The molecule has 0 aliphatic carbocycles. The third kappa shape index (κ3) is 33.3. The number of hydrogen-bond acceptors (Lipinski definition) is 21. The first-order chi connectivity index (χ1) is 57.7. The summed E-state index contributed by atoms with van der Waals surface area (Å²) in [4.78, 5) is 79.0. The summed E-state index contributed by atoms with van der Waals surface area (Å²) in [5.74, 6) is -1.71. The maximum absolute atomic E-state index is 13.9. The number of rotatable bonds is 37. The van der Waals surface area contributed by atoms with Crippen molar-refractivity contribution in [1.82, 2.24) is 23.3 Å². The van der Waals surface area contributed by atoms with Gasteiger partial charge in [0.25, 0.3) is 0 Å². The SMILES string of the molecule is C=CCOC(=O)C(c1ccc(C2(N(COCC[Si](C)(C)C)S(=O)C(C)(C)C)COC2)cc1)C1CCN(C(=O)OCC=C)CC1.C=CCOC(=O)C(c1ccc(C2(N)COC2)cc1)C1CCN(C(=O)OCC=C)CC1.C=CCOC(=O)Cc1ccc(C2(N(COCC[Si](C)(C)C)S(=O)C(C)(C)C)COC2)cc1.C=CCOC(=O)N1CCC(I)CC1.CCO. The minimum Gasteiger partial charge on any atom is -0.461 e. The molecule has 0 spiro atoms. The number of amides is 3. The lowest BCUT2D eigenvalue weighted by molar-refractivity contribution is -0.147. The second-order valence-electron chi connectivity index (χ2n) is 35.5. The zero-order chi connectivity index (χ0) is 90.5. The van der Waals surface area contributed by atoms with Crippen molar-refractivity contribution in [2.75, 3.05) is 152 Å². The van der Waals surface area contributed by atoms with Gasteiger partial charge in [0.05, 0.1) is 72.9 Å². The number of aliphatic hydroxyl groups excluding tert-OH is 1. The fourth-order valence-electron chi connectivity index (χ4n) is 13.9. The number of benzene rings is 3. The molecule has 122 heavy (non-hydrogen) atoms. The molecule has 6 heterocycles. The van der Waals surface area contributed by atoms with Crippen molar-refractivity contribution in [3.63, 3.8) is 0 Å². The largest absolute Gasteiger partial charge is 0.461 e. The van der Waals surface area contributed by atoms with Crippen LogP contribution in [0, 0.1) is 11.8 Å². The van der Waals surface area contributed by atoms with Crippen LogP contribution in [0.15, 0.2) is 149 Å². The molecule has 3 N–H and O–H groups in total. The predicted octanol–water partition coefficient (Wildman–Crippen LogP) is 15.0. The molecule has 0 bridgehead atoms. The lowest BCUT2D eigenvalue weighted by Crippen LogP contribution is -2.62. The normalized spacial score (nSPS) is 18.0. The van der Waals surface area contributed by atoms with Crippen LogP contribution in [0.5, 0.6) is 0 Å². The molecule has 6 fully saturated rings. The van der Waals surface area contributed by atoms with Gasteiger partial charge in [-0.25, -0.2) is 22.8 Å². The van der Waals surface area contributed by atoms with Gasteiger partial charge in [0.2, 0.25) is 0 Å². The molecule has 3 aromatic carbocycles. The van der Waals surface area contributed by atoms with E-state index in [2.05, 4.69) is 101 Å². The average molecular weight is 1890 g/mol. The van der Waals surface area contributed by atoms with E-state index >= 15 is 0 Å². The van der Waals surface area contributed by atoms with Gasteiger partial charge in [0.15, 0.2) is 0 Å². The smallest absolute Gasteiger partial charge is 0.410 e. The Balaban J connectivity index is 0.000000302. The van der Waals surface area contributed by atoms with Gasteiger partial charge in [-0.1, -0.05) is 211 Å². The Labute approximate surface area is 747 Å². The highest BCUT2D eigenvalue weighted by Crippen LogP contribution is 2.44. The van der Waals surface area contributed by atoms with E-state index in [0.717, 1.165) is 71.4 Å². The number of carbonyl (C=O) groups excluding carboxylic acids is 6. The summed E-state index contributed by atoms with van der Waals surface area (Å²) < 4.78 is 91.2. The van der Waals surface area contributed by atoms with Crippen LogP contribution < -0.4 is 5.73 Å². The lowest BCUT2D eigenvalue weighted by atomic mass is 9.79. The van der Waals surface area contributed by atoms with E-state index in [-0.39, 0.29) is 108 Å². The minimum absolute atomic E-state index is 0.00715. The Hall–Kier alpha value is -6.58. The molecule has 4 unspecified atom stereocenters. The Morgan fingerprint density at radius 2 is 0.795 bits per heavy atom. The number of esters is 3. The molecular weight excluding hydrogens is 1740 g/mol. The number of carbonyl (C=O) groups is 6. The zero-order valence-corrected chi connectivity index (χ0v) is 80.7. The molecule has 26 nitrogen and oxygen atoms in total. The number of halogens is 1. The minimum atomic E-state index is -1.35. The van der Waals surface area contributed by atoms with Gasteiger partial charge in [-0.2, -0.15) is 8.61 Å². The van der Waals surface area contributed by atoms with Crippen LogP contribution in [0.3, 0.4) is 0 Å². The number of aliphatic hydroxyl groups is 1. The molecule has 3 aromatic rings. The number of likely N-dealkylation sites (tertiary alicyclic amines) is 3. The van der Waals surface area contributed by atoms with Crippen LogP contribution in [0.4, 0.5) is 14.4 Å². The Morgan fingerprint density at radius 3 is 1.08 bits per heavy atom. The molecule has 0 radical (unpaired) electrons. The fourth-order valence-corrected chi connectivity index (χ4v) is 18.7. The van der Waals surface area contributed by atoms with Gasteiger partial charge in [0, 0.05) is 79.2 Å². The fraction of sp³-hybridized carbons (Fsp3) is 0.604. The standard InChI is InChI=1S/C33H52N2O7SSi.C24H39NO5SSi.C23H30N2O5.C9H14INO2.C2H6O/c1-9-19-41-30(36)29(27-15-17-34(18-16-27)31(37)42-20-10-2)26-11-13-28(14-12-26)33(23-40-24-33)35(43(38)32(3,4)5)25-39-21-22-44(6,7)8;1-8-13-30-22(26)16-20-9-11-21(12-10-20)24(17-29-18-24)25(31(27)23(2,3)4)19-28-14-15-32(5,6)7;1-3-13-29-21(26)20(17-5-7-19(8-6-17)23(24)15-28-16-23)18-9-11-25(12-10-18)22(27)30-14-4-2;1-2-7-13-9(12)11-5-3-8(10)4-6-11;1-2-3/h9-14,27,29H,1-2,15-25H2,3-8H3;8-12H,1,13-19H2,2-7H3;3-8,18,20H,1-2,9-16,24H2;2,8H,1,3-7H2;3H,2H2,1H3. The number of alkyl halides is 1. The molecule has 6 aliphatic rings. The van der Waals surface area contributed by atoms with Crippen LogP contribution in [0.1, 0.15) is 132 Å². The van der Waals surface area contributed by atoms with Crippen molar-refractivity contribution in [2.45, 2.75) is 187 Å². The van der Waals surface area contributed by atoms with Crippen LogP contribution in [0.25, 0.3) is 0 Å². The molecule has 682 valence electrons. The zero-order valence-electron chi connectivity index (χ0n) is 74.9. The Bertz CT molecular complexity index is 3840. The van der Waals surface area contributed by atoms with Gasteiger partial charge in [0.1, 0.15) is 86.2 Å². The lowest BCUT2D eigenvalue weighted by Gasteiger charge is -2.50. The highest BCUT2D eigenvalue weighted by molar-refractivity contribution is 14.1. The number of hydrogen-bond donors (Lipinski definition) is 2. The Morgan fingerprint density at radius 1 is 0.500 bits per heavy atom. The van der Waals surface area contributed by atoms with Crippen LogP contribution in [-0.4, -0.2) is 254 Å². The van der Waals surface area contributed by atoms with Crippen molar-refractivity contribution < 1.29 is 94.4 Å². The van der Waals surface area contributed by atoms with Gasteiger partial charge >= 0.3 is 36.2 Å². The molecule has 4 atom stereocenters. The maximum Gasteiger partial charge on any atom is 0.410 e. The van der Waals surface area contributed by atoms with E-state index in [1.165, 1.54) is 0 Å². The van der Waals surface area contributed by atoms with Crippen molar-refractivity contribution >= 4 is 96.9 Å². The third-order valence-electron chi connectivity index (χ3n) is 21.1. The predicted molar refractivity (Wildman–Crippen MR) is 496 cm³/mol. The van der Waals surface area contributed by atoms with Gasteiger partial charge in [-0.05, 0) is 144 Å². The second-order valence-corrected chi connectivity index (χ2v) is 52.8. The average Bonchev–Trinajstić information content (AvgIpc) is 0.747. The summed E-state index contributed by atoms with van der Waals surface area (Å²) in [6.07, 6.45) is 13.4. The summed E-state index contributed by atoms with van der Waals surface area (Å²) in [6, 6.07) is 25.7. The van der Waals surface area contributed by atoms with E-state index in [9.17, 15) is 37.2 Å². The number of nitrogens with two attached hydrogens (primary N) is 1. The first kappa shape index (κ1) is 106. The topological polar surface area (TPSA) is 301 Å². The van der Waals surface area contributed by atoms with Gasteiger partial charge in [-0.3, -0.25) is 14.4 Å². The third-order valence-corrected chi connectivity index (χ3v) is 29.6. The summed E-state index contributed by atoms with van der Waals surface area (Å²) in [5, 5.41) is 7.57. The van der Waals surface area contributed by atoms with Crippen molar-refractivity contribution in [3.8, 4) is 0 Å². The molecular formula is C91H141IN6O20S2Si2. The summed E-state index contributed by atoms with van der Waals surface area (Å²) >= 11 is 2.42. The number of ether oxygens (including phenoxy) is 11. The van der Waals surface area contributed by atoms with Crippen LogP contribution in [0.2, 0.25) is 51.4 Å². The molecule has 31 heteroatoms. The van der Waals surface area contributed by atoms with E-state index in [1.54, 1.807) is 58.1 Å².